The van der Waals surface area contributed by atoms with Gasteiger partial charge in [0.25, 0.3) is 0 Å². The van der Waals surface area contributed by atoms with Crippen molar-refractivity contribution in [1.29, 1.82) is 0 Å². The predicted molar refractivity (Wildman–Crippen MR) is 88.1 cm³/mol. The van der Waals surface area contributed by atoms with Crippen LogP contribution in [0, 0.1) is 0 Å². The standard InChI is InChI=1S/C14H27N5O6/c1-8(20)12(16)13(23)18-6-10(21)17-7-11(22)19-9(14(24)25)4-2-3-5-15/h8-9,12,20H,2-7,15-16H2,1H3,(H,17,21)(H,18,23)(H,19,22)(H,24,25)/t8-,9+,12+/m1/s1. The Balaban J connectivity index is 4.15. The Labute approximate surface area is 145 Å². The van der Waals surface area contributed by atoms with Gasteiger partial charge in [-0.1, -0.05) is 0 Å². The van der Waals surface area contributed by atoms with E-state index in [1.54, 1.807) is 0 Å². The molecule has 11 nitrogen and oxygen atoms in total. The van der Waals surface area contributed by atoms with E-state index in [0.29, 0.717) is 19.4 Å². The molecule has 0 bridgehead atoms. The van der Waals surface area contributed by atoms with E-state index in [2.05, 4.69) is 16.0 Å². The third kappa shape index (κ3) is 10.3. The molecular formula is C14H27N5O6. The predicted octanol–water partition coefficient (Wildman–Crippen LogP) is -3.37. The molecule has 11 heteroatoms. The zero-order valence-electron chi connectivity index (χ0n) is 14.2. The first-order valence-electron chi connectivity index (χ1n) is 7.89. The summed E-state index contributed by atoms with van der Waals surface area (Å²) in [4.78, 5) is 45.7. The van der Waals surface area contributed by atoms with Crippen LogP contribution in [0.3, 0.4) is 0 Å². The number of carboxylic acid groups (broad SMARTS) is 1. The summed E-state index contributed by atoms with van der Waals surface area (Å²) in [5, 5.41) is 24.9. The molecule has 0 rings (SSSR count). The minimum Gasteiger partial charge on any atom is -0.480 e. The molecule has 0 aliphatic carbocycles. The number of carboxylic acids is 1. The van der Waals surface area contributed by atoms with Crippen molar-refractivity contribution >= 4 is 23.7 Å². The summed E-state index contributed by atoms with van der Waals surface area (Å²) >= 11 is 0. The van der Waals surface area contributed by atoms with Crippen LogP contribution in [0.15, 0.2) is 0 Å². The number of carbonyl (C=O) groups is 4. The molecule has 0 aliphatic heterocycles. The topological polar surface area (TPSA) is 197 Å². The van der Waals surface area contributed by atoms with Crippen molar-refractivity contribution in [2.24, 2.45) is 11.5 Å². The van der Waals surface area contributed by atoms with Gasteiger partial charge in [-0.2, -0.15) is 0 Å². The smallest absolute Gasteiger partial charge is 0.326 e. The van der Waals surface area contributed by atoms with Crippen molar-refractivity contribution < 1.29 is 29.4 Å². The molecule has 3 atom stereocenters. The van der Waals surface area contributed by atoms with Crippen molar-refractivity contribution in [3.63, 3.8) is 0 Å². The molecule has 0 aromatic rings. The van der Waals surface area contributed by atoms with Crippen molar-refractivity contribution in [1.82, 2.24) is 16.0 Å². The number of nitrogens with two attached hydrogens (primary N) is 2. The highest BCUT2D eigenvalue weighted by molar-refractivity contribution is 5.90. The molecule has 0 fully saturated rings. The summed E-state index contributed by atoms with van der Waals surface area (Å²) in [7, 11) is 0. The summed E-state index contributed by atoms with van der Waals surface area (Å²) < 4.78 is 0. The number of hydrogen-bond acceptors (Lipinski definition) is 7. The second-order valence-corrected chi connectivity index (χ2v) is 5.50. The Hall–Kier alpha value is -2.24. The second kappa shape index (κ2) is 12.2. The third-order valence-corrected chi connectivity index (χ3v) is 3.27. The average molecular weight is 361 g/mol. The number of rotatable bonds is 12. The maximum absolute atomic E-state index is 11.7. The molecule has 0 heterocycles. The van der Waals surface area contributed by atoms with Crippen LogP contribution in [0.25, 0.3) is 0 Å². The molecule has 0 spiro atoms. The largest absolute Gasteiger partial charge is 0.480 e. The van der Waals surface area contributed by atoms with E-state index >= 15 is 0 Å². The first-order valence-corrected chi connectivity index (χ1v) is 7.89. The summed E-state index contributed by atoms with van der Waals surface area (Å²) in [6.07, 6.45) is 0.362. The highest BCUT2D eigenvalue weighted by Gasteiger charge is 2.21. The van der Waals surface area contributed by atoms with Crippen LogP contribution in [0.5, 0.6) is 0 Å². The van der Waals surface area contributed by atoms with E-state index < -0.39 is 55.0 Å². The van der Waals surface area contributed by atoms with Crippen LogP contribution in [0.1, 0.15) is 26.2 Å². The number of aliphatic hydroxyl groups is 1. The molecule has 25 heavy (non-hydrogen) atoms. The van der Waals surface area contributed by atoms with Gasteiger partial charge in [0.1, 0.15) is 12.1 Å². The molecular weight excluding hydrogens is 334 g/mol. The number of aliphatic hydroxyl groups excluding tert-OH is 1. The second-order valence-electron chi connectivity index (χ2n) is 5.50. The summed E-state index contributed by atoms with van der Waals surface area (Å²) in [6, 6.07) is -2.22. The average Bonchev–Trinajstić information content (AvgIpc) is 2.55. The van der Waals surface area contributed by atoms with E-state index in [0.717, 1.165) is 0 Å². The van der Waals surface area contributed by atoms with Gasteiger partial charge in [0.05, 0.1) is 19.2 Å². The zero-order valence-corrected chi connectivity index (χ0v) is 14.2. The van der Waals surface area contributed by atoms with Crippen LogP contribution in [0.4, 0.5) is 0 Å². The Morgan fingerprint density at radius 2 is 1.64 bits per heavy atom. The zero-order chi connectivity index (χ0) is 19.4. The van der Waals surface area contributed by atoms with Crippen LogP contribution in [0.2, 0.25) is 0 Å². The number of carbonyl (C=O) groups excluding carboxylic acids is 3. The van der Waals surface area contributed by atoms with Gasteiger partial charge in [0.2, 0.25) is 17.7 Å². The Kier molecular flexibility index (Phi) is 11.1. The van der Waals surface area contributed by atoms with Crippen LogP contribution >= 0.6 is 0 Å². The normalized spacial score (nSPS) is 14.1. The SMILES string of the molecule is C[C@@H](O)[C@H](N)C(=O)NCC(=O)NCC(=O)N[C@@H](CCCCN)C(=O)O. The van der Waals surface area contributed by atoms with E-state index in [9.17, 15) is 19.2 Å². The minimum atomic E-state index is -1.17. The van der Waals surface area contributed by atoms with Gasteiger partial charge in [0, 0.05) is 0 Å². The number of amides is 3. The fourth-order valence-electron chi connectivity index (χ4n) is 1.74. The van der Waals surface area contributed by atoms with Gasteiger partial charge >= 0.3 is 5.97 Å². The Morgan fingerprint density at radius 1 is 1.04 bits per heavy atom. The van der Waals surface area contributed by atoms with E-state index in [1.807, 2.05) is 0 Å². The Bertz CT molecular complexity index is 471. The van der Waals surface area contributed by atoms with E-state index in [-0.39, 0.29) is 6.42 Å². The lowest BCUT2D eigenvalue weighted by Gasteiger charge is -2.15. The fourth-order valence-corrected chi connectivity index (χ4v) is 1.74. The molecule has 0 aromatic heterocycles. The summed E-state index contributed by atoms with van der Waals surface area (Å²) in [5.41, 5.74) is 10.7. The lowest BCUT2D eigenvalue weighted by atomic mass is 10.1. The van der Waals surface area contributed by atoms with Gasteiger partial charge in [-0.3, -0.25) is 14.4 Å². The van der Waals surface area contributed by atoms with Crippen molar-refractivity contribution in [2.75, 3.05) is 19.6 Å². The molecule has 0 aliphatic rings. The molecule has 144 valence electrons. The number of unbranched alkanes of at least 4 members (excludes halogenated alkanes) is 1. The molecule has 0 radical (unpaired) electrons. The number of aliphatic carboxylic acids is 1. The van der Waals surface area contributed by atoms with Gasteiger partial charge in [-0.05, 0) is 32.7 Å². The monoisotopic (exact) mass is 361 g/mol. The van der Waals surface area contributed by atoms with E-state index in [1.165, 1.54) is 6.92 Å². The summed E-state index contributed by atoms with van der Waals surface area (Å²) in [5.74, 6) is -3.20. The van der Waals surface area contributed by atoms with Gasteiger partial charge in [-0.15, -0.1) is 0 Å². The molecule has 0 aromatic carbocycles. The lowest BCUT2D eigenvalue weighted by molar-refractivity contribution is -0.142. The quantitative estimate of drug-likeness (QED) is 0.175. The molecule has 9 N–H and O–H groups in total. The van der Waals surface area contributed by atoms with Gasteiger partial charge in [-0.25, -0.2) is 4.79 Å². The van der Waals surface area contributed by atoms with Crippen LogP contribution in [-0.2, 0) is 19.2 Å². The van der Waals surface area contributed by atoms with Crippen molar-refractivity contribution in [3.8, 4) is 0 Å². The van der Waals surface area contributed by atoms with Crippen molar-refractivity contribution in [3.05, 3.63) is 0 Å². The molecule has 0 unspecified atom stereocenters. The first-order chi connectivity index (χ1) is 11.7. The Morgan fingerprint density at radius 3 is 2.16 bits per heavy atom. The number of nitrogens with one attached hydrogen (secondary N) is 3. The fraction of sp³-hybridized carbons (Fsp3) is 0.714. The first kappa shape index (κ1) is 22.8. The molecule has 0 saturated heterocycles. The molecule has 0 saturated carbocycles. The third-order valence-electron chi connectivity index (χ3n) is 3.27. The number of hydrogen-bond donors (Lipinski definition) is 7. The lowest BCUT2D eigenvalue weighted by Crippen LogP contribution is -2.50. The highest BCUT2D eigenvalue weighted by Crippen LogP contribution is 2.00. The maximum Gasteiger partial charge on any atom is 0.326 e. The van der Waals surface area contributed by atoms with Gasteiger partial charge in [0.15, 0.2) is 0 Å². The maximum atomic E-state index is 11.7. The minimum absolute atomic E-state index is 0.236. The van der Waals surface area contributed by atoms with Crippen LogP contribution < -0.4 is 27.4 Å². The van der Waals surface area contributed by atoms with Crippen LogP contribution in [-0.4, -0.2) is 71.7 Å². The molecule has 3 amide bonds. The summed E-state index contributed by atoms with van der Waals surface area (Å²) in [6.45, 7) is 0.908. The van der Waals surface area contributed by atoms with Gasteiger partial charge < -0.3 is 37.6 Å². The van der Waals surface area contributed by atoms with E-state index in [4.69, 9.17) is 21.7 Å². The van der Waals surface area contributed by atoms with Crippen molar-refractivity contribution in [2.45, 2.75) is 44.4 Å². The highest BCUT2D eigenvalue weighted by atomic mass is 16.4.